The van der Waals surface area contributed by atoms with Crippen molar-refractivity contribution in [1.29, 1.82) is 0 Å². The fraction of sp³-hybridized carbons (Fsp3) is 0.167. The first-order valence-corrected chi connectivity index (χ1v) is 6.05. The lowest BCUT2D eigenvalue weighted by Gasteiger charge is -2.10. The maximum Gasteiger partial charge on any atom is 0.419 e. The summed E-state index contributed by atoms with van der Waals surface area (Å²) in [6, 6.07) is 2.66. The average molecular weight is 289 g/mol. The van der Waals surface area contributed by atoms with Gasteiger partial charge < -0.3 is 0 Å². The largest absolute Gasteiger partial charge is 0.419 e. The molecule has 0 aliphatic heterocycles. The van der Waals surface area contributed by atoms with Gasteiger partial charge in [-0.15, -0.1) is 11.3 Å². The predicted octanol–water partition coefficient (Wildman–Crippen LogP) is 3.73. The van der Waals surface area contributed by atoms with Gasteiger partial charge in [-0.05, 0) is 12.1 Å². The molecular formula is C12H7F4NOS. The van der Waals surface area contributed by atoms with Crippen LogP contribution < -0.4 is 0 Å². The maximum atomic E-state index is 13.7. The number of thiazole rings is 1. The van der Waals surface area contributed by atoms with Crippen molar-refractivity contribution in [3.8, 4) is 0 Å². The molecule has 19 heavy (non-hydrogen) atoms. The fourth-order valence-corrected chi connectivity index (χ4v) is 2.15. The van der Waals surface area contributed by atoms with Gasteiger partial charge in [0.1, 0.15) is 10.8 Å². The smallest absolute Gasteiger partial charge is 0.294 e. The summed E-state index contributed by atoms with van der Waals surface area (Å²) in [6.45, 7) is 0. The lowest BCUT2D eigenvalue weighted by molar-refractivity contribution is -0.140. The Morgan fingerprint density at radius 1 is 1.32 bits per heavy atom. The van der Waals surface area contributed by atoms with Crippen LogP contribution in [0.4, 0.5) is 17.6 Å². The number of halogens is 4. The van der Waals surface area contributed by atoms with Gasteiger partial charge in [0.2, 0.25) is 0 Å². The Balaban J connectivity index is 2.33. The quantitative estimate of drug-likeness (QED) is 0.636. The molecule has 100 valence electrons. The second kappa shape index (κ2) is 5.08. The maximum absolute atomic E-state index is 13.7. The van der Waals surface area contributed by atoms with Gasteiger partial charge in [-0.2, -0.15) is 13.2 Å². The normalized spacial score (nSPS) is 11.6. The Bertz CT molecular complexity index is 592. The van der Waals surface area contributed by atoms with Gasteiger partial charge in [-0.3, -0.25) is 4.79 Å². The first-order valence-electron chi connectivity index (χ1n) is 5.17. The number of ketones is 1. The number of carbonyl (C=O) groups excluding carboxylic acids is 1. The van der Waals surface area contributed by atoms with Crippen LogP contribution in [0.3, 0.4) is 0 Å². The van der Waals surface area contributed by atoms with E-state index in [1.807, 2.05) is 0 Å². The molecule has 0 N–H and O–H groups in total. The molecule has 2 aromatic rings. The number of benzene rings is 1. The van der Waals surface area contributed by atoms with Crippen molar-refractivity contribution < 1.29 is 22.4 Å². The number of aromatic nitrogens is 1. The summed E-state index contributed by atoms with van der Waals surface area (Å²) in [5.41, 5.74) is -2.00. The van der Waals surface area contributed by atoms with E-state index in [0.717, 1.165) is 12.1 Å². The molecule has 1 aromatic carbocycles. The van der Waals surface area contributed by atoms with Gasteiger partial charge in [0.05, 0.1) is 17.5 Å². The minimum Gasteiger partial charge on any atom is -0.294 e. The van der Waals surface area contributed by atoms with Crippen LogP contribution in [0.2, 0.25) is 0 Å². The van der Waals surface area contributed by atoms with Crippen LogP contribution in [0.25, 0.3) is 0 Å². The van der Waals surface area contributed by atoms with Crippen molar-refractivity contribution >= 4 is 17.1 Å². The second-order valence-corrected chi connectivity index (χ2v) is 4.67. The zero-order valence-electron chi connectivity index (χ0n) is 9.37. The molecule has 0 unspecified atom stereocenters. The number of hydrogen-bond donors (Lipinski definition) is 0. The molecule has 0 amide bonds. The van der Waals surface area contributed by atoms with Crippen molar-refractivity contribution in [1.82, 2.24) is 4.98 Å². The van der Waals surface area contributed by atoms with E-state index in [1.165, 1.54) is 17.5 Å². The summed E-state index contributed by atoms with van der Waals surface area (Å²) in [7, 11) is 0. The summed E-state index contributed by atoms with van der Waals surface area (Å²) >= 11 is 1.18. The van der Waals surface area contributed by atoms with E-state index in [1.54, 1.807) is 5.38 Å². The van der Waals surface area contributed by atoms with E-state index < -0.39 is 28.9 Å². The number of carbonyl (C=O) groups is 1. The van der Waals surface area contributed by atoms with Gasteiger partial charge in [0.15, 0.2) is 5.78 Å². The van der Waals surface area contributed by atoms with Crippen molar-refractivity contribution in [3.05, 3.63) is 51.7 Å². The van der Waals surface area contributed by atoms with Gasteiger partial charge >= 0.3 is 6.18 Å². The second-order valence-electron chi connectivity index (χ2n) is 3.69. The van der Waals surface area contributed by atoms with Crippen LogP contribution in [-0.2, 0) is 12.6 Å². The number of rotatable bonds is 3. The van der Waals surface area contributed by atoms with Crippen molar-refractivity contribution in [2.75, 3.05) is 0 Å². The summed E-state index contributed by atoms with van der Waals surface area (Å²) < 4.78 is 51.2. The van der Waals surface area contributed by atoms with Crippen LogP contribution >= 0.6 is 11.3 Å². The minimum atomic E-state index is -4.82. The fourth-order valence-electron chi connectivity index (χ4n) is 1.54. The van der Waals surface area contributed by atoms with E-state index in [4.69, 9.17) is 0 Å². The Hall–Kier alpha value is -1.76. The molecule has 0 radical (unpaired) electrons. The molecule has 1 aromatic heterocycles. The summed E-state index contributed by atoms with van der Waals surface area (Å²) in [5, 5.41) is 2.06. The highest BCUT2D eigenvalue weighted by atomic mass is 32.1. The molecule has 2 rings (SSSR count). The van der Waals surface area contributed by atoms with Crippen molar-refractivity contribution in [2.24, 2.45) is 0 Å². The van der Waals surface area contributed by atoms with Crippen LogP contribution in [-0.4, -0.2) is 10.8 Å². The summed E-state index contributed by atoms with van der Waals surface area (Å²) in [5.74, 6) is -2.25. The topological polar surface area (TPSA) is 30.0 Å². The summed E-state index contributed by atoms with van der Waals surface area (Å²) in [4.78, 5) is 15.6. The third kappa shape index (κ3) is 2.98. The highest BCUT2D eigenvalue weighted by Crippen LogP contribution is 2.32. The molecular weight excluding hydrogens is 282 g/mol. The van der Waals surface area contributed by atoms with Crippen LogP contribution in [0.5, 0.6) is 0 Å². The van der Waals surface area contributed by atoms with E-state index in [-0.39, 0.29) is 6.42 Å². The molecule has 0 aliphatic rings. The molecule has 0 atom stereocenters. The number of hydrogen-bond acceptors (Lipinski definition) is 3. The Kier molecular flexibility index (Phi) is 3.66. The zero-order chi connectivity index (χ0) is 14.0. The van der Waals surface area contributed by atoms with Crippen molar-refractivity contribution in [3.63, 3.8) is 0 Å². The molecule has 7 heteroatoms. The van der Waals surface area contributed by atoms with Gasteiger partial charge in [-0.25, -0.2) is 9.37 Å². The average Bonchev–Trinajstić information content (AvgIpc) is 2.80. The van der Waals surface area contributed by atoms with Gasteiger partial charge in [-0.1, -0.05) is 6.07 Å². The molecule has 0 aliphatic carbocycles. The molecule has 2 nitrogen and oxygen atoms in total. The first-order chi connectivity index (χ1) is 8.89. The van der Waals surface area contributed by atoms with Crippen LogP contribution in [0.15, 0.2) is 29.8 Å². The van der Waals surface area contributed by atoms with E-state index in [9.17, 15) is 22.4 Å². The van der Waals surface area contributed by atoms with E-state index in [2.05, 4.69) is 4.98 Å². The third-order valence-electron chi connectivity index (χ3n) is 2.40. The predicted molar refractivity (Wildman–Crippen MR) is 61.6 cm³/mol. The number of alkyl halides is 3. The minimum absolute atomic E-state index is 0.212. The van der Waals surface area contributed by atoms with Gasteiger partial charge in [0, 0.05) is 11.6 Å². The Labute approximate surface area is 109 Å². The SMILES string of the molecule is O=C(Cc1nccs1)c1cccc(C(F)(F)F)c1F. The zero-order valence-corrected chi connectivity index (χ0v) is 10.2. The molecule has 0 saturated heterocycles. The molecule has 0 saturated carbocycles. The van der Waals surface area contributed by atoms with Crippen LogP contribution in [0.1, 0.15) is 20.9 Å². The van der Waals surface area contributed by atoms with E-state index >= 15 is 0 Å². The molecule has 0 spiro atoms. The highest BCUT2D eigenvalue weighted by molar-refractivity contribution is 7.09. The number of nitrogens with zero attached hydrogens (tertiary/aromatic N) is 1. The number of Topliss-reactive ketones (excluding diaryl/α,β-unsaturated/α-hetero) is 1. The van der Waals surface area contributed by atoms with Gasteiger partial charge in [0.25, 0.3) is 0 Å². The standard InChI is InChI=1S/C12H7F4NOS/c13-11-7(2-1-3-8(11)12(14,15)16)9(18)6-10-17-4-5-19-10/h1-5H,6H2. The Morgan fingerprint density at radius 3 is 2.63 bits per heavy atom. The molecule has 0 bridgehead atoms. The monoisotopic (exact) mass is 289 g/mol. The van der Waals surface area contributed by atoms with Crippen LogP contribution in [0, 0.1) is 5.82 Å². The first kappa shape index (κ1) is 13.7. The Morgan fingerprint density at radius 2 is 2.05 bits per heavy atom. The molecule has 1 heterocycles. The lowest BCUT2D eigenvalue weighted by atomic mass is 10.0. The summed E-state index contributed by atoms with van der Waals surface area (Å²) in [6.07, 6.45) is -3.56. The van der Waals surface area contributed by atoms with Crippen molar-refractivity contribution in [2.45, 2.75) is 12.6 Å². The van der Waals surface area contributed by atoms with E-state index in [0.29, 0.717) is 11.1 Å². The third-order valence-corrected chi connectivity index (χ3v) is 3.18. The highest BCUT2D eigenvalue weighted by Gasteiger charge is 2.35. The lowest BCUT2D eigenvalue weighted by Crippen LogP contribution is -2.13. The molecule has 0 fully saturated rings.